The predicted octanol–water partition coefficient (Wildman–Crippen LogP) is 11.7. The molecule has 0 aliphatic carbocycles. The van der Waals surface area contributed by atoms with Crippen molar-refractivity contribution in [3.8, 4) is 0 Å². The summed E-state index contributed by atoms with van der Waals surface area (Å²) in [4.78, 5) is 25.4. The number of esters is 2. The minimum atomic E-state index is -0.352. The molecule has 0 aromatic heterocycles. The fourth-order valence-electron chi connectivity index (χ4n) is 5.39. The summed E-state index contributed by atoms with van der Waals surface area (Å²) in [6, 6.07) is 0. The molecular weight excluding hydrogens is 496 g/mol. The molecule has 0 saturated heterocycles. The quantitative estimate of drug-likeness (QED) is 0.0600. The molecule has 0 heterocycles. The average molecular weight is 567 g/mol. The second-order valence-corrected chi connectivity index (χ2v) is 12.2. The van der Waals surface area contributed by atoms with Gasteiger partial charge in [0, 0.05) is 0 Å². The highest BCUT2D eigenvalue weighted by Crippen LogP contribution is 2.19. The molecule has 0 radical (unpaired) electrons. The summed E-state index contributed by atoms with van der Waals surface area (Å²) in [6.45, 7) is 7.70. The largest absolute Gasteiger partial charge is 0.466 e. The highest BCUT2D eigenvalue weighted by Gasteiger charge is 2.24. The van der Waals surface area contributed by atoms with E-state index < -0.39 is 0 Å². The van der Waals surface area contributed by atoms with E-state index in [1.54, 1.807) is 0 Å². The van der Waals surface area contributed by atoms with E-state index in [-0.39, 0.29) is 24.3 Å². The number of hydrogen-bond donors (Lipinski definition) is 0. The fourth-order valence-corrected chi connectivity index (χ4v) is 5.39. The van der Waals surface area contributed by atoms with E-state index in [9.17, 15) is 9.59 Å². The van der Waals surface area contributed by atoms with Gasteiger partial charge in [-0.05, 0) is 19.3 Å². The topological polar surface area (TPSA) is 52.6 Å². The van der Waals surface area contributed by atoms with Gasteiger partial charge in [-0.1, -0.05) is 175 Å². The fraction of sp³-hybridized carbons (Fsp3) is 0.944. The zero-order valence-corrected chi connectivity index (χ0v) is 27.4. The molecular formula is C36H70O4. The summed E-state index contributed by atoms with van der Waals surface area (Å²) in [7, 11) is 0. The Morgan fingerprint density at radius 3 is 1.15 bits per heavy atom. The van der Waals surface area contributed by atoms with Crippen LogP contribution in [0.5, 0.6) is 0 Å². The third kappa shape index (κ3) is 28.5. The van der Waals surface area contributed by atoms with E-state index in [1.165, 1.54) is 128 Å². The van der Waals surface area contributed by atoms with E-state index in [1.807, 2.05) is 0 Å². The van der Waals surface area contributed by atoms with Crippen LogP contribution in [0.1, 0.15) is 201 Å². The molecule has 0 bridgehead atoms. The molecule has 238 valence electrons. The van der Waals surface area contributed by atoms with Crippen molar-refractivity contribution in [3.63, 3.8) is 0 Å². The Hall–Kier alpha value is -1.06. The summed E-state index contributed by atoms with van der Waals surface area (Å²) in [5.74, 6) is -0.780. The van der Waals surface area contributed by atoms with Crippen LogP contribution in [0, 0.1) is 5.92 Å². The van der Waals surface area contributed by atoms with Crippen molar-refractivity contribution in [2.75, 3.05) is 13.2 Å². The Labute approximate surface area is 250 Å². The van der Waals surface area contributed by atoms with Crippen LogP contribution >= 0.6 is 0 Å². The highest BCUT2D eigenvalue weighted by molar-refractivity contribution is 5.79. The Bertz CT molecular complexity index is 533. The summed E-state index contributed by atoms with van der Waals surface area (Å²) < 4.78 is 11.2. The lowest BCUT2D eigenvalue weighted by Gasteiger charge is -2.16. The van der Waals surface area contributed by atoms with Crippen LogP contribution in [-0.4, -0.2) is 25.2 Å². The minimum absolute atomic E-state index is 0.170. The molecule has 4 nitrogen and oxygen atoms in total. The monoisotopic (exact) mass is 567 g/mol. The third-order valence-corrected chi connectivity index (χ3v) is 8.16. The first-order valence-electron chi connectivity index (χ1n) is 18.0. The Balaban J connectivity index is 4.11. The first-order chi connectivity index (χ1) is 19.7. The van der Waals surface area contributed by atoms with Gasteiger partial charge in [0.05, 0.1) is 25.6 Å². The third-order valence-electron chi connectivity index (χ3n) is 8.16. The van der Waals surface area contributed by atoms with Crippen molar-refractivity contribution < 1.29 is 19.1 Å². The molecule has 1 unspecified atom stereocenters. The van der Waals surface area contributed by atoms with Crippen molar-refractivity contribution >= 4 is 11.9 Å². The van der Waals surface area contributed by atoms with Crippen LogP contribution in [0.2, 0.25) is 0 Å². The van der Waals surface area contributed by atoms with Crippen molar-refractivity contribution in [2.45, 2.75) is 201 Å². The summed E-state index contributed by atoms with van der Waals surface area (Å²) in [5.41, 5.74) is 0. The molecule has 40 heavy (non-hydrogen) atoms. The van der Waals surface area contributed by atoms with Gasteiger partial charge >= 0.3 is 11.9 Å². The molecule has 0 N–H and O–H groups in total. The van der Waals surface area contributed by atoms with E-state index in [0.29, 0.717) is 13.2 Å². The van der Waals surface area contributed by atoms with Gasteiger partial charge in [0.1, 0.15) is 0 Å². The SMILES string of the molecule is CCCCCCCCCCCCOC(=O)CC(CCCCCCCC)C(=O)OCCCCCCCCCCCC. The summed E-state index contributed by atoms with van der Waals surface area (Å²) >= 11 is 0. The van der Waals surface area contributed by atoms with Crippen LogP contribution in [0.3, 0.4) is 0 Å². The highest BCUT2D eigenvalue weighted by atomic mass is 16.5. The molecule has 0 amide bonds. The molecule has 4 heteroatoms. The maximum atomic E-state index is 12.8. The lowest BCUT2D eigenvalue weighted by Crippen LogP contribution is -2.23. The first kappa shape index (κ1) is 38.9. The number of carbonyl (C=O) groups is 2. The molecule has 0 aliphatic rings. The summed E-state index contributed by atoms with van der Waals surface area (Å²) in [6.07, 6.45) is 33.2. The molecule has 0 fully saturated rings. The average Bonchev–Trinajstić information content (AvgIpc) is 2.95. The molecule has 0 saturated carbocycles. The summed E-state index contributed by atoms with van der Waals surface area (Å²) in [5, 5.41) is 0. The second kappa shape index (κ2) is 32.5. The van der Waals surface area contributed by atoms with Gasteiger partial charge in [0.2, 0.25) is 0 Å². The predicted molar refractivity (Wildman–Crippen MR) is 172 cm³/mol. The molecule has 0 aliphatic heterocycles. The van der Waals surface area contributed by atoms with Gasteiger partial charge in [-0.15, -0.1) is 0 Å². The standard InChI is InChI=1S/C36H70O4/c1-4-7-10-13-16-18-20-22-25-28-31-39-35(37)33-34(30-27-24-15-12-9-6-3)36(38)40-32-29-26-23-21-19-17-14-11-8-5-2/h34H,4-33H2,1-3H3. The normalized spacial score (nSPS) is 12.0. The van der Waals surface area contributed by atoms with Crippen molar-refractivity contribution in [1.29, 1.82) is 0 Å². The van der Waals surface area contributed by atoms with Gasteiger partial charge in [-0.3, -0.25) is 9.59 Å². The first-order valence-corrected chi connectivity index (χ1v) is 18.0. The van der Waals surface area contributed by atoms with Gasteiger partial charge in [0.25, 0.3) is 0 Å². The number of ether oxygens (including phenoxy) is 2. The van der Waals surface area contributed by atoms with E-state index in [4.69, 9.17) is 9.47 Å². The van der Waals surface area contributed by atoms with Crippen LogP contribution < -0.4 is 0 Å². The number of carbonyl (C=O) groups excluding carboxylic acids is 2. The zero-order valence-electron chi connectivity index (χ0n) is 27.4. The van der Waals surface area contributed by atoms with Crippen LogP contribution in [0.25, 0.3) is 0 Å². The minimum Gasteiger partial charge on any atom is -0.466 e. The number of hydrogen-bond acceptors (Lipinski definition) is 4. The Kier molecular flexibility index (Phi) is 31.6. The second-order valence-electron chi connectivity index (χ2n) is 12.2. The van der Waals surface area contributed by atoms with E-state index >= 15 is 0 Å². The Morgan fingerprint density at radius 2 is 0.750 bits per heavy atom. The van der Waals surface area contributed by atoms with Crippen molar-refractivity contribution in [3.05, 3.63) is 0 Å². The van der Waals surface area contributed by atoms with Gasteiger partial charge in [0.15, 0.2) is 0 Å². The molecule has 0 rings (SSSR count). The maximum Gasteiger partial charge on any atom is 0.309 e. The molecule has 0 spiro atoms. The molecule has 0 aromatic rings. The van der Waals surface area contributed by atoms with Crippen LogP contribution in [0.15, 0.2) is 0 Å². The zero-order chi connectivity index (χ0) is 29.4. The van der Waals surface area contributed by atoms with E-state index in [0.717, 1.165) is 44.9 Å². The maximum absolute atomic E-state index is 12.8. The van der Waals surface area contributed by atoms with Crippen molar-refractivity contribution in [2.24, 2.45) is 5.92 Å². The lowest BCUT2D eigenvalue weighted by atomic mass is 9.97. The smallest absolute Gasteiger partial charge is 0.309 e. The molecule has 1 atom stereocenters. The Morgan fingerprint density at radius 1 is 0.425 bits per heavy atom. The number of unbranched alkanes of at least 4 members (excludes halogenated alkanes) is 23. The van der Waals surface area contributed by atoms with Gasteiger partial charge < -0.3 is 9.47 Å². The number of rotatable bonds is 32. The van der Waals surface area contributed by atoms with Crippen LogP contribution in [0.4, 0.5) is 0 Å². The lowest BCUT2D eigenvalue weighted by molar-refractivity contribution is -0.155. The van der Waals surface area contributed by atoms with Crippen molar-refractivity contribution in [1.82, 2.24) is 0 Å². The molecule has 0 aromatic carbocycles. The van der Waals surface area contributed by atoms with Gasteiger partial charge in [-0.25, -0.2) is 0 Å². The van der Waals surface area contributed by atoms with Gasteiger partial charge in [-0.2, -0.15) is 0 Å². The van der Waals surface area contributed by atoms with Crippen LogP contribution in [-0.2, 0) is 19.1 Å². The van der Waals surface area contributed by atoms with E-state index in [2.05, 4.69) is 20.8 Å².